The van der Waals surface area contributed by atoms with Crippen LogP contribution in [0.15, 0.2) is 10.5 Å². The molecule has 1 aromatic heterocycles. The molecule has 7 heteroatoms. The number of carbonyl (C=O) groups is 1. The maximum atomic E-state index is 12.3. The number of ether oxygens (including phenoxy) is 1. The summed E-state index contributed by atoms with van der Waals surface area (Å²) in [5.41, 5.74) is 3.81. The molecule has 1 rings (SSSR count). The highest BCUT2D eigenvalue weighted by atomic mass is 19.4. The molecule has 0 radical (unpaired) electrons. The molecular weight excluding hydrogens is 215 g/mol. The van der Waals surface area contributed by atoms with Crippen LogP contribution in [0.4, 0.5) is 19.1 Å². The molecule has 0 bridgehead atoms. The summed E-state index contributed by atoms with van der Waals surface area (Å²) in [7, 11) is 0. The molecule has 4 nitrogen and oxygen atoms in total. The number of furan rings is 1. The van der Waals surface area contributed by atoms with Crippen LogP contribution in [0.5, 0.6) is 0 Å². The van der Waals surface area contributed by atoms with Crippen molar-refractivity contribution < 1.29 is 27.1 Å². The van der Waals surface area contributed by atoms with E-state index in [1.54, 1.807) is 0 Å². The second-order valence-electron chi connectivity index (χ2n) is 2.61. The number of nitrogens with two attached hydrogens (primary N) is 1. The number of carbonyl (C=O) groups excluding carboxylic acids is 1. The van der Waals surface area contributed by atoms with Gasteiger partial charge in [-0.15, -0.1) is 0 Å². The van der Waals surface area contributed by atoms with Gasteiger partial charge in [0.1, 0.15) is 5.56 Å². The monoisotopic (exact) mass is 223 g/mol. The highest BCUT2D eigenvalue weighted by Crippen LogP contribution is 2.35. The number of nitrogen functional groups attached to an aromatic ring is 1. The molecule has 0 aromatic carbocycles. The number of alkyl halides is 3. The average Bonchev–Trinajstić information content (AvgIpc) is 2.47. The fourth-order valence-corrected chi connectivity index (χ4v) is 0.969. The van der Waals surface area contributed by atoms with Crippen LogP contribution in [0.25, 0.3) is 0 Å². The topological polar surface area (TPSA) is 65.5 Å². The number of hydrogen-bond donors (Lipinski definition) is 1. The van der Waals surface area contributed by atoms with Crippen molar-refractivity contribution in [2.24, 2.45) is 0 Å². The van der Waals surface area contributed by atoms with Crippen molar-refractivity contribution in [3.63, 3.8) is 0 Å². The fraction of sp³-hybridized carbons (Fsp3) is 0.375. The summed E-state index contributed by atoms with van der Waals surface area (Å²) in [5.74, 6) is -2.58. The van der Waals surface area contributed by atoms with Crippen LogP contribution in [0.3, 0.4) is 0 Å². The highest BCUT2D eigenvalue weighted by molar-refractivity contribution is 5.88. The van der Waals surface area contributed by atoms with Gasteiger partial charge >= 0.3 is 12.1 Å². The van der Waals surface area contributed by atoms with Gasteiger partial charge in [0.25, 0.3) is 0 Å². The lowest BCUT2D eigenvalue weighted by atomic mass is 10.2. The van der Waals surface area contributed by atoms with Crippen molar-refractivity contribution in [1.82, 2.24) is 0 Å². The molecule has 84 valence electrons. The number of hydrogen-bond acceptors (Lipinski definition) is 4. The van der Waals surface area contributed by atoms with E-state index in [9.17, 15) is 18.0 Å². The van der Waals surface area contributed by atoms with Crippen LogP contribution in [0, 0.1) is 0 Å². The number of rotatable bonds is 2. The molecule has 1 heterocycles. The SMILES string of the molecule is CCOC(=O)c1oc(N)cc1C(F)(F)F. The van der Waals surface area contributed by atoms with Crippen molar-refractivity contribution in [2.45, 2.75) is 13.1 Å². The van der Waals surface area contributed by atoms with Gasteiger partial charge in [0, 0.05) is 6.07 Å². The summed E-state index contributed by atoms with van der Waals surface area (Å²) in [5, 5.41) is 0. The van der Waals surface area contributed by atoms with Crippen molar-refractivity contribution in [3.8, 4) is 0 Å². The zero-order valence-electron chi connectivity index (χ0n) is 7.72. The quantitative estimate of drug-likeness (QED) is 0.779. The molecule has 0 aliphatic carbocycles. The number of esters is 1. The van der Waals surface area contributed by atoms with E-state index >= 15 is 0 Å². The van der Waals surface area contributed by atoms with Crippen LogP contribution in [0.1, 0.15) is 23.0 Å². The first-order valence-corrected chi connectivity index (χ1v) is 4.00. The second-order valence-corrected chi connectivity index (χ2v) is 2.61. The minimum atomic E-state index is -4.69. The predicted molar refractivity (Wildman–Crippen MR) is 44.1 cm³/mol. The van der Waals surface area contributed by atoms with Gasteiger partial charge in [-0.2, -0.15) is 13.2 Å². The zero-order valence-corrected chi connectivity index (χ0v) is 7.72. The molecule has 0 saturated heterocycles. The Hall–Kier alpha value is -1.66. The Morgan fingerprint density at radius 1 is 1.60 bits per heavy atom. The van der Waals surface area contributed by atoms with E-state index in [-0.39, 0.29) is 6.61 Å². The predicted octanol–water partition coefficient (Wildman–Crippen LogP) is 2.06. The van der Waals surface area contributed by atoms with E-state index in [1.165, 1.54) is 6.92 Å². The summed E-state index contributed by atoms with van der Waals surface area (Å²) >= 11 is 0. The standard InChI is InChI=1S/C8H8F3NO3/c1-2-14-7(13)6-4(8(9,10)11)3-5(12)15-6/h3H,2,12H2,1H3. The van der Waals surface area contributed by atoms with Gasteiger partial charge in [0.2, 0.25) is 5.76 Å². The number of anilines is 1. The molecule has 15 heavy (non-hydrogen) atoms. The first-order chi connectivity index (χ1) is 6.86. The van der Waals surface area contributed by atoms with Gasteiger partial charge in [-0.25, -0.2) is 4.79 Å². The Labute approximate surface area is 82.8 Å². The van der Waals surface area contributed by atoms with E-state index in [2.05, 4.69) is 9.15 Å². The molecular formula is C8H8F3NO3. The maximum absolute atomic E-state index is 12.3. The third-order valence-electron chi connectivity index (χ3n) is 1.52. The molecule has 1 aromatic rings. The van der Waals surface area contributed by atoms with Crippen molar-refractivity contribution in [2.75, 3.05) is 12.3 Å². The van der Waals surface area contributed by atoms with E-state index < -0.39 is 29.4 Å². The maximum Gasteiger partial charge on any atom is 0.420 e. The van der Waals surface area contributed by atoms with Gasteiger partial charge in [0.05, 0.1) is 6.61 Å². The fourth-order valence-electron chi connectivity index (χ4n) is 0.969. The van der Waals surface area contributed by atoms with Crippen LogP contribution in [-0.4, -0.2) is 12.6 Å². The molecule has 0 spiro atoms. The first-order valence-electron chi connectivity index (χ1n) is 4.00. The summed E-state index contributed by atoms with van der Waals surface area (Å²) < 4.78 is 45.8. The van der Waals surface area contributed by atoms with Crippen LogP contribution < -0.4 is 5.73 Å². The Balaban J connectivity index is 3.12. The Morgan fingerprint density at radius 3 is 2.67 bits per heavy atom. The molecule has 0 amide bonds. The molecule has 0 fully saturated rings. The zero-order chi connectivity index (χ0) is 11.6. The molecule has 0 aliphatic heterocycles. The summed E-state index contributed by atoms with van der Waals surface area (Å²) in [6.07, 6.45) is -4.69. The molecule has 2 N–H and O–H groups in total. The normalized spacial score (nSPS) is 11.5. The van der Waals surface area contributed by atoms with E-state index in [0.717, 1.165) is 0 Å². The lowest BCUT2D eigenvalue weighted by molar-refractivity contribution is -0.138. The molecule has 0 aliphatic rings. The minimum absolute atomic E-state index is 0.0449. The van der Waals surface area contributed by atoms with E-state index in [4.69, 9.17) is 5.73 Å². The third kappa shape index (κ3) is 2.42. The molecule has 0 unspecified atom stereocenters. The van der Waals surface area contributed by atoms with Gasteiger partial charge < -0.3 is 14.9 Å². The Kier molecular flexibility index (Phi) is 2.92. The Bertz CT molecular complexity index is 370. The van der Waals surface area contributed by atoms with Crippen molar-refractivity contribution in [3.05, 3.63) is 17.4 Å². The van der Waals surface area contributed by atoms with Gasteiger partial charge in [0.15, 0.2) is 5.88 Å². The van der Waals surface area contributed by atoms with Gasteiger partial charge in [-0.05, 0) is 6.92 Å². The van der Waals surface area contributed by atoms with E-state index in [1.807, 2.05) is 0 Å². The lowest BCUT2D eigenvalue weighted by Gasteiger charge is -2.05. The first kappa shape index (κ1) is 11.4. The van der Waals surface area contributed by atoms with Crippen molar-refractivity contribution >= 4 is 11.9 Å². The summed E-state index contributed by atoms with van der Waals surface area (Å²) in [6, 6.07) is 0.548. The summed E-state index contributed by atoms with van der Waals surface area (Å²) in [6.45, 7) is 1.42. The molecule has 0 atom stereocenters. The Morgan fingerprint density at radius 2 is 2.20 bits per heavy atom. The van der Waals surface area contributed by atoms with Crippen LogP contribution in [0.2, 0.25) is 0 Å². The lowest BCUT2D eigenvalue weighted by Crippen LogP contribution is -2.12. The minimum Gasteiger partial charge on any atom is -0.460 e. The smallest absolute Gasteiger partial charge is 0.420 e. The number of halogens is 3. The highest BCUT2D eigenvalue weighted by Gasteiger charge is 2.39. The average molecular weight is 223 g/mol. The van der Waals surface area contributed by atoms with E-state index in [0.29, 0.717) is 6.07 Å². The van der Waals surface area contributed by atoms with Crippen LogP contribution >= 0.6 is 0 Å². The van der Waals surface area contributed by atoms with Crippen molar-refractivity contribution in [1.29, 1.82) is 0 Å². The van der Waals surface area contributed by atoms with Gasteiger partial charge in [-0.3, -0.25) is 0 Å². The largest absolute Gasteiger partial charge is 0.460 e. The van der Waals surface area contributed by atoms with Gasteiger partial charge in [-0.1, -0.05) is 0 Å². The summed E-state index contributed by atoms with van der Waals surface area (Å²) in [4.78, 5) is 11.1. The van der Waals surface area contributed by atoms with Crippen LogP contribution in [-0.2, 0) is 10.9 Å². The third-order valence-corrected chi connectivity index (χ3v) is 1.52. The molecule has 0 saturated carbocycles. The second kappa shape index (κ2) is 3.84.